The summed E-state index contributed by atoms with van der Waals surface area (Å²) in [5.41, 5.74) is 5.79. The number of thiocarbonyl (C=S) groups is 1. The first kappa shape index (κ1) is 14.5. The third-order valence-electron chi connectivity index (χ3n) is 2.54. The Hall–Kier alpha value is -1.91. The third kappa shape index (κ3) is 4.64. The van der Waals surface area contributed by atoms with Gasteiger partial charge in [0.15, 0.2) is 5.11 Å². The van der Waals surface area contributed by atoms with Crippen molar-refractivity contribution in [1.29, 1.82) is 0 Å². The standard InChI is InChI=1S/C15H14ClN3S/c1-11-5-7-14(8-6-11)18-15(20)19-17-10-12-3-2-4-13(16)9-12/h2-10H,1H3,(H2,18,19,20)/b17-10-. The lowest BCUT2D eigenvalue weighted by Gasteiger charge is -2.06. The molecule has 5 heteroatoms. The van der Waals surface area contributed by atoms with Crippen LogP contribution in [0.3, 0.4) is 0 Å². The summed E-state index contributed by atoms with van der Waals surface area (Å²) in [6.45, 7) is 2.04. The summed E-state index contributed by atoms with van der Waals surface area (Å²) in [4.78, 5) is 0. The number of nitrogens with one attached hydrogen (secondary N) is 2. The molecule has 2 N–H and O–H groups in total. The molecule has 0 saturated heterocycles. The molecule has 2 aromatic carbocycles. The second kappa shape index (κ2) is 7.03. The van der Waals surface area contributed by atoms with Gasteiger partial charge in [0.2, 0.25) is 0 Å². The van der Waals surface area contributed by atoms with Gasteiger partial charge in [0, 0.05) is 10.7 Å². The van der Waals surface area contributed by atoms with E-state index >= 15 is 0 Å². The van der Waals surface area contributed by atoms with Crippen molar-refractivity contribution in [1.82, 2.24) is 5.43 Å². The van der Waals surface area contributed by atoms with Gasteiger partial charge < -0.3 is 5.32 Å². The minimum Gasteiger partial charge on any atom is -0.331 e. The van der Waals surface area contributed by atoms with Crippen molar-refractivity contribution in [2.24, 2.45) is 5.10 Å². The Labute approximate surface area is 128 Å². The Kier molecular flexibility index (Phi) is 5.09. The van der Waals surface area contributed by atoms with Crippen LogP contribution >= 0.6 is 23.8 Å². The average Bonchev–Trinajstić information content (AvgIpc) is 2.41. The summed E-state index contributed by atoms with van der Waals surface area (Å²) >= 11 is 11.0. The minimum absolute atomic E-state index is 0.437. The maximum absolute atomic E-state index is 5.89. The SMILES string of the molecule is Cc1ccc(NC(=S)N/N=C\c2cccc(Cl)c2)cc1. The molecule has 0 amide bonds. The molecule has 0 fully saturated rings. The fraction of sp³-hybridized carbons (Fsp3) is 0.0667. The summed E-state index contributed by atoms with van der Waals surface area (Å²) in [5.74, 6) is 0. The second-order valence-corrected chi connectivity index (χ2v) is 5.09. The van der Waals surface area contributed by atoms with Gasteiger partial charge in [0.25, 0.3) is 0 Å². The predicted molar refractivity (Wildman–Crippen MR) is 89.6 cm³/mol. The highest BCUT2D eigenvalue weighted by atomic mass is 35.5. The molecule has 0 aromatic heterocycles. The van der Waals surface area contributed by atoms with Gasteiger partial charge in [-0.15, -0.1) is 0 Å². The van der Waals surface area contributed by atoms with Gasteiger partial charge in [-0.25, -0.2) is 0 Å². The second-order valence-electron chi connectivity index (χ2n) is 4.25. The molecular weight excluding hydrogens is 290 g/mol. The van der Waals surface area contributed by atoms with Gasteiger partial charge in [0.05, 0.1) is 6.21 Å². The summed E-state index contributed by atoms with van der Waals surface area (Å²) in [7, 11) is 0. The van der Waals surface area contributed by atoms with E-state index in [0.717, 1.165) is 11.3 Å². The van der Waals surface area contributed by atoms with Crippen LogP contribution in [0.15, 0.2) is 53.6 Å². The maximum Gasteiger partial charge on any atom is 0.191 e. The van der Waals surface area contributed by atoms with Crippen molar-refractivity contribution in [2.45, 2.75) is 6.92 Å². The first-order valence-corrected chi connectivity index (χ1v) is 6.84. The number of rotatable bonds is 3. The Morgan fingerprint density at radius 2 is 1.95 bits per heavy atom. The fourth-order valence-electron chi connectivity index (χ4n) is 1.55. The van der Waals surface area contributed by atoms with E-state index in [1.807, 2.05) is 55.5 Å². The third-order valence-corrected chi connectivity index (χ3v) is 2.97. The number of anilines is 1. The average molecular weight is 304 g/mol. The molecule has 0 aliphatic rings. The van der Waals surface area contributed by atoms with E-state index in [1.165, 1.54) is 5.56 Å². The van der Waals surface area contributed by atoms with E-state index in [1.54, 1.807) is 6.21 Å². The number of nitrogens with zero attached hydrogens (tertiary/aromatic N) is 1. The Balaban J connectivity index is 1.87. The quantitative estimate of drug-likeness (QED) is 0.512. The molecule has 0 bridgehead atoms. The highest BCUT2D eigenvalue weighted by molar-refractivity contribution is 7.80. The Bertz CT molecular complexity index is 623. The Morgan fingerprint density at radius 1 is 1.20 bits per heavy atom. The van der Waals surface area contributed by atoms with Gasteiger partial charge in [-0.05, 0) is 49.0 Å². The van der Waals surface area contributed by atoms with Gasteiger partial charge in [-0.2, -0.15) is 5.10 Å². The number of aryl methyl sites for hydroxylation is 1. The van der Waals surface area contributed by atoms with E-state index in [4.69, 9.17) is 23.8 Å². The van der Waals surface area contributed by atoms with Gasteiger partial charge in [-0.1, -0.05) is 41.4 Å². The van der Waals surface area contributed by atoms with Gasteiger partial charge in [-0.3, -0.25) is 5.43 Å². The number of hydrogen-bond donors (Lipinski definition) is 2. The van der Waals surface area contributed by atoms with Crippen LogP contribution < -0.4 is 10.7 Å². The van der Waals surface area contributed by atoms with E-state index in [0.29, 0.717) is 10.1 Å². The molecule has 0 saturated carbocycles. The van der Waals surface area contributed by atoms with Crippen LogP contribution in [0, 0.1) is 6.92 Å². The van der Waals surface area contributed by atoms with E-state index in [9.17, 15) is 0 Å². The van der Waals surface area contributed by atoms with E-state index < -0.39 is 0 Å². The minimum atomic E-state index is 0.437. The Morgan fingerprint density at radius 3 is 2.65 bits per heavy atom. The van der Waals surface area contributed by atoms with Crippen LogP contribution in [0.4, 0.5) is 5.69 Å². The van der Waals surface area contributed by atoms with Crippen LogP contribution in [0.5, 0.6) is 0 Å². The first-order valence-electron chi connectivity index (χ1n) is 6.06. The molecular formula is C15H14ClN3S. The summed E-state index contributed by atoms with van der Waals surface area (Å²) in [5, 5.41) is 8.22. The molecule has 20 heavy (non-hydrogen) atoms. The molecule has 0 atom stereocenters. The van der Waals surface area contributed by atoms with E-state index in [-0.39, 0.29) is 0 Å². The molecule has 0 radical (unpaired) electrons. The predicted octanol–water partition coefficient (Wildman–Crippen LogP) is 3.97. The summed E-state index contributed by atoms with van der Waals surface area (Å²) < 4.78 is 0. The van der Waals surface area contributed by atoms with Gasteiger partial charge >= 0.3 is 0 Å². The lowest BCUT2D eigenvalue weighted by molar-refractivity contribution is 1.05. The smallest absolute Gasteiger partial charge is 0.191 e. The van der Waals surface area contributed by atoms with Crippen molar-refractivity contribution in [3.8, 4) is 0 Å². The van der Waals surface area contributed by atoms with Crippen LogP contribution in [0.2, 0.25) is 5.02 Å². The number of hydrazone groups is 1. The molecule has 2 rings (SSSR count). The first-order chi connectivity index (χ1) is 9.63. The highest BCUT2D eigenvalue weighted by Gasteiger charge is 1.95. The molecule has 0 aliphatic heterocycles. The van der Waals surface area contributed by atoms with Crippen molar-refractivity contribution in [3.05, 3.63) is 64.7 Å². The lowest BCUT2D eigenvalue weighted by Crippen LogP contribution is -2.23. The van der Waals surface area contributed by atoms with Crippen LogP contribution in [0.25, 0.3) is 0 Å². The zero-order valence-corrected chi connectivity index (χ0v) is 12.5. The highest BCUT2D eigenvalue weighted by Crippen LogP contribution is 2.09. The lowest BCUT2D eigenvalue weighted by atomic mass is 10.2. The maximum atomic E-state index is 5.89. The summed E-state index contributed by atoms with van der Waals surface area (Å²) in [6.07, 6.45) is 1.66. The van der Waals surface area contributed by atoms with Gasteiger partial charge in [0.1, 0.15) is 0 Å². The molecule has 102 valence electrons. The monoisotopic (exact) mass is 303 g/mol. The number of hydrogen-bond acceptors (Lipinski definition) is 2. The normalized spacial score (nSPS) is 10.5. The van der Waals surface area contributed by atoms with Crippen molar-refractivity contribution in [2.75, 3.05) is 5.32 Å². The van der Waals surface area contributed by atoms with Crippen LogP contribution in [-0.2, 0) is 0 Å². The molecule has 3 nitrogen and oxygen atoms in total. The zero-order valence-electron chi connectivity index (χ0n) is 10.9. The van der Waals surface area contributed by atoms with Crippen LogP contribution in [-0.4, -0.2) is 11.3 Å². The topological polar surface area (TPSA) is 36.4 Å². The zero-order chi connectivity index (χ0) is 14.4. The number of halogens is 1. The molecule has 0 spiro atoms. The van der Waals surface area contributed by atoms with E-state index in [2.05, 4.69) is 15.8 Å². The van der Waals surface area contributed by atoms with Crippen molar-refractivity contribution >= 4 is 40.8 Å². The molecule has 0 aliphatic carbocycles. The fourth-order valence-corrected chi connectivity index (χ4v) is 1.92. The largest absolute Gasteiger partial charge is 0.331 e. The molecule has 2 aromatic rings. The summed E-state index contributed by atoms with van der Waals surface area (Å²) in [6, 6.07) is 15.4. The molecule has 0 unspecified atom stereocenters. The van der Waals surface area contributed by atoms with Crippen LogP contribution in [0.1, 0.15) is 11.1 Å². The number of benzene rings is 2. The molecule has 0 heterocycles. The van der Waals surface area contributed by atoms with Crippen molar-refractivity contribution in [3.63, 3.8) is 0 Å². The van der Waals surface area contributed by atoms with Crippen molar-refractivity contribution < 1.29 is 0 Å².